The molecule has 0 spiro atoms. The van der Waals surface area contributed by atoms with Gasteiger partial charge in [0.2, 0.25) is 11.8 Å². The first-order valence-electron chi connectivity index (χ1n) is 9.11. The van der Waals surface area contributed by atoms with E-state index in [-0.39, 0.29) is 24.0 Å². The number of primary amides is 1. The highest BCUT2D eigenvalue weighted by molar-refractivity contribution is 7.99. The summed E-state index contributed by atoms with van der Waals surface area (Å²) in [5.41, 5.74) is 7.24. The molecule has 0 radical (unpaired) electrons. The third-order valence-electron chi connectivity index (χ3n) is 3.91. The van der Waals surface area contributed by atoms with Crippen molar-refractivity contribution in [3.63, 3.8) is 0 Å². The molecule has 1 aromatic carbocycles. The zero-order chi connectivity index (χ0) is 19.8. The minimum Gasteiger partial charge on any atom is -0.370 e. The molecule has 0 saturated heterocycles. The number of nitrogens with one attached hydrogen (secondary N) is 1. The summed E-state index contributed by atoms with van der Waals surface area (Å²) in [6, 6.07) is 7.83. The number of nitrogens with two attached hydrogens (primary N) is 1. The van der Waals surface area contributed by atoms with E-state index in [9.17, 15) is 9.59 Å². The molecule has 0 unspecified atom stereocenters. The maximum Gasteiger partial charge on any atom is 0.234 e. The Morgan fingerprint density at radius 3 is 2.52 bits per heavy atom. The van der Waals surface area contributed by atoms with Crippen molar-refractivity contribution in [2.75, 3.05) is 11.1 Å². The topological polar surface area (TPSA) is 103 Å². The lowest BCUT2D eigenvalue weighted by molar-refractivity contribution is -0.118. The fourth-order valence-electron chi connectivity index (χ4n) is 2.55. The summed E-state index contributed by atoms with van der Waals surface area (Å²) in [5.74, 6) is 0.889. The van der Waals surface area contributed by atoms with Gasteiger partial charge in [0.25, 0.3) is 0 Å². The van der Waals surface area contributed by atoms with Gasteiger partial charge in [0.05, 0.1) is 5.75 Å². The molecule has 27 heavy (non-hydrogen) atoms. The Bertz CT molecular complexity index is 771. The normalized spacial score (nSPS) is 11.0. The van der Waals surface area contributed by atoms with E-state index in [0.29, 0.717) is 17.5 Å². The second kappa shape index (κ2) is 10.1. The number of rotatable bonds is 10. The van der Waals surface area contributed by atoms with E-state index in [1.807, 2.05) is 28.8 Å². The first-order chi connectivity index (χ1) is 12.9. The van der Waals surface area contributed by atoms with Crippen molar-refractivity contribution in [1.29, 1.82) is 0 Å². The van der Waals surface area contributed by atoms with Gasteiger partial charge in [-0.15, -0.1) is 10.2 Å². The van der Waals surface area contributed by atoms with Gasteiger partial charge < -0.3 is 15.6 Å². The molecular weight excluding hydrogens is 362 g/mol. The van der Waals surface area contributed by atoms with Crippen LogP contribution in [0.25, 0.3) is 0 Å². The van der Waals surface area contributed by atoms with Crippen LogP contribution in [-0.4, -0.2) is 32.3 Å². The molecule has 3 N–H and O–H groups in total. The number of aromatic nitrogens is 3. The molecule has 0 fully saturated rings. The smallest absolute Gasteiger partial charge is 0.234 e. The number of thioether (sulfide) groups is 1. The number of carbonyl (C=O) groups is 2. The molecule has 2 amide bonds. The fourth-order valence-corrected chi connectivity index (χ4v) is 3.31. The van der Waals surface area contributed by atoms with Crippen LogP contribution in [-0.2, 0) is 29.0 Å². The molecule has 0 saturated carbocycles. The molecule has 146 valence electrons. The summed E-state index contributed by atoms with van der Waals surface area (Å²) in [5, 5.41) is 11.9. The van der Waals surface area contributed by atoms with Gasteiger partial charge in [-0.2, -0.15) is 0 Å². The van der Waals surface area contributed by atoms with Crippen LogP contribution in [0.4, 0.5) is 5.69 Å². The highest BCUT2D eigenvalue weighted by Crippen LogP contribution is 2.20. The second-order valence-electron chi connectivity index (χ2n) is 6.76. The summed E-state index contributed by atoms with van der Waals surface area (Å²) in [6.07, 6.45) is 1.65. The number of hydrogen-bond donors (Lipinski definition) is 2. The van der Waals surface area contributed by atoms with Crippen molar-refractivity contribution >= 4 is 29.3 Å². The maximum absolute atomic E-state index is 12.2. The largest absolute Gasteiger partial charge is 0.370 e. The number of carbonyl (C=O) groups excluding carboxylic acids is 2. The Kier molecular flexibility index (Phi) is 7.84. The van der Waals surface area contributed by atoms with E-state index in [2.05, 4.69) is 36.3 Å². The molecule has 2 rings (SSSR count). The molecule has 0 bridgehead atoms. The molecule has 1 heterocycles. The molecule has 8 heteroatoms. The lowest BCUT2D eigenvalue weighted by atomic mass is 10.1. The zero-order valence-corrected chi connectivity index (χ0v) is 16.9. The van der Waals surface area contributed by atoms with Crippen molar-refractivity contribution in [2.24, 2.45) is 11.7 Å². The number of hydrogen-bond acceptors (Lipinski definition) is 5. The molecule has 0 atom stereocenters. The van der Waals surface area contributed by atoms with Gasteiger partial charge >= 0.3 is 0 Å². The molecule has 0 aliphatic carbocycles. The number of aryl methyl sites for hydroxylation is 2. The molecule has 0 aliphatic heterocycles. The summed E-state index contributed by atoms with van der Waals surface area (Å²) < 4.78 is 1.97. The van der Waals surface area contributed by atoms with Crippen LogP contribution in [0.5, 0.6) is 0 Å². The number of anilines is 1. The van der Waals surface area contributed by atoms with Gasteiger partial charge in [-0.3, -0.25) is 9.59 Å². The number of amides is 2. The van der Waals surface area contributed by atoms with Crippen molar-refractivity contribution < 1.29 is 9.59 Å². The van der Waals surface area contributed by atoms with Crippen LogP contribution >= 0.6 is 11.8 Å². The highest BCUT2D eigenvalue weighted by Gasteiger charge is 2.16. The predicted molar refractivity (Wildman–Crippen MR) is 108 cm³/mol. The first kappa shape index (κ1) is 21.0. The van der Waals surface area contributed by atoms with Gasteiger partial charge in [-0.05, 0) is 30.0 Å². The molecule has 2 aromatic rings. The monoisotopic (exact) mass is 389 g/mol. The minimum atomic E-state index is -0.364. The van der Waals surface area contributed by atoms with E-state index in [1.165, 1.54) is 17.3 Å². The lowest BCUT2D eigenvalue weighted by Crippen LogP contribution is -2.16. The van der Waals surface area contributed by atoms with Gasteiger partial charge in [-0.25, -0.2) is 0 Å². The third kappa shape index (κ3) is 6.71. The average molecular weight is 390 g/mol. The van der Waals surface area contributed by atoms with E-state index in [4.69, 9.17) is 5.73 Å². The van der Waals surface area contributed by atoms with Crippen molar-refractivity contribution in [2.45, 2.75) is 51.7 Å². The van der Waals surface area contributed by atoms with E-state index >= 15 is 0 Å². The van der Waals surface area contributed by atoms with E-state index in [0.717, 1.165) is 24.5 Å². The summed E-state index contributed by atoms with van der Waals surface area (Å²) in [4.78, 5) is 23.3. The van der Waals surface area contributed by atoms with Gasteiger partial charge in [-0.1, -0.05) is 44.7 Å². The van der Waals surface area contributed by atoms with Crippen LogP contribution in [0.2, 0.25) is 0 Å². The fraction of sp³-hybridized carbons (Fsp3) is 0.474. The van der Waals surface area contributed by atoms with Crippen LogP contribution in [0.1, 0.15) is 38.6 Å². The molecule has 7 nitrogen and oxygen atoms in total. The summed E-state index contributed by atoms with van der Waals surface area (Å²) in [7, 11) is 0. The van der Waals surface area contributed by atoms with Crippen LogP contribution < -0.4 is 11.1 Å². The van der Waals surface area contributed by atoms with Gasteiger partial charge in [0.1, 0.15) is 5.82 Å². The van der Waals surface area contributed by atoms with Gasteiger partial charge in [0, 0.05) is 25.1 Å². The summed E-state index contributed by atoms with van der Waals surface area (Å²) >= 11 is 1.34. The SMILES string of the molecule is CCc1ccc(NC(=O)CSc2nnc(CCC(N)=O)n2CC(C)C)cc1. The second-order valence-corrected chi connectivity index (χ2v) is 7.70. The first-order valence-corrected chi connectivity index (χ1v) is 10.1. The highest BCUT2D eigenvalue weighted by atomic mass is 32.2. The molecule has 0 aliphatic rings. The Morgan fingerprint density at radius 2 is 1.93 bits per heavy atom. The Hall–Kier alpha value is -2.35. The van der Waals surface area contributed by atoms with Gasteiger partial charge in [0.15, 0.2) is 5.16 Å². The lowest BCUT2D eigenvalue weighted by Gasteiger charge is -2.12. The molecule has 1 aromatic heterocycles. The number of benzene rings is 1. The van der Waals surface area contributed by atoms with Crippen LogP contribution in [0, 0.1) is 5.92 Å². The Morgan fingerprint density at radius 1 is 1.22 bits per heavy atom. The quantitative estimate of drug-likeness (QED) is 0.608. The van der Waals surface area contributed by atoms with Crippen molar-refractivity contribution in [3.8, 4) is 0 Å². The standard InChI is InChI=1S/C19H27N5O2S/c1-4-14-5-7-15(8-6-14)21-18(26)12-27-19-23-22-17(10-9-16(20)25)24(19)11-13(2)3/h5-8,13H,4,9-12H2,1-3H3,(H2,20,25)(H,21,26). The molecular formula is C19H27N5O2S. The van der Waals surface area contributed by atoms with Crippen LogP contribution in [0.15, 0.2) is 29.4 Å². The Balaban J connectivity index is 1.98. The summed E-state index contributed by atoms with van der Waals surface area (Å²) in [6.45, 7) is 7.01. The average Bonchev–Trinajstić information content (AvgIpc) is 3.00. The Labute approximate surface area is 164 Å². The van der Waals surface area contributed by atoms with Crippen molar-refractivity contribution in [1.82, 2.24) is 14.8 Å². The third-order valence-corrected chi connectivity index (χ3v) is 4.88. The van der Waals surface area contributed by atoms with E-state index in [1.54, 1.807) is 0 Å². The zero-order valence-electron chi connectivity index (χ0n) is 16.1. The minimum absolute atomic E-state index is 0.0953. The number of nitrogens with zero attached hydrogens (tertiary/aromatic N) is 3. The maximum atomic E-state index is 12.2. The van der Waals surface area contributed by atoms with Crippen LogP contribution in [0.3, 0.4) is 0 Å². The van der Waals surface area contributed by atoms with Crippen molar-refractivity contribution in [3.05, 3.63) is 35.7 Å². The van der Waals surface area contributed by atoms with E-state index < -0.39 is 0 Å². The predicted octanol–water partition coefficient (Wildman–Crippen LogP) is 2.65.